The number of rotatable bonds is 7. The first-order valence-corrected chi connectivity index (χ1v) is 9.05. The zero-order valence-electron chi connectivity index (χ0n) is 11.6. The maximum atomic E-state index is 11.2. The molecule has 0 radical (unpaired) electrons. The summed E-state index contributed by atoms with van der Waals surface area (Å²) in [6.07, 6.45) is 7.90. The van der Waals surface area contributed by atoms with E-state index < -0.39 is 9.84 Å². The SMILES string of the molecule is CCOC(C(N)CCS(C)(=O)=O)C1CCCCC1. The average molecular weight is 277 g/mol. The third-order valence-electron chi connectivity index (χ3n) is 3.72. The molecule has 4 nitrogen and oxygen atoms in total. The topological polar surface area (TPSA) is 69.4 Å². The van der Waals surface area contributed by atoms with Crippen molar-refractivity contribution in [3.8, 4) is 0 Å². The van der Waals surface area contributed by atoms with Gasteiger partial charge in [-0.2, -0.15) is 0 Å². The second-order valence-electron chi connectivity index (χ2n) is 5.40. The lowest BCUT2D eigenvalue weighted by Gasteiger charge is -2.33. The molecule has 0 bridgehead atoms. The molecule has 0 saturated heterocycles. The highest BCUT2D eigenvalue weighted by Gasteiger charge is 2.29. The molecular weight excluding hydrogens is 250 g/mol. The van der Waals surface area contributed by atoms with Crippen molar-refractivity contribution in [2.45, 2.75) is 57.6 Å². The zero-order valence-corrected chi connectivity index (χ0v) is 12.4. The fraction of sp³-hybridized carbons (Fsp3) is 1.00. The van der Waals surface area contributed by atoms with Gasteiger partial charge in [-0.25, -0.2) is 8.42 Å². The summed E-state index contributed by atoms with van der Waals surface area (Å²) in [7, 11) is -2.93. The monoisotopic (exact) mass is 277 g/mol. The van der Waals surface area contributed by atoms with E-state index in [1.807, 2.05) is 6.92 Å². The molecule has 0 aromatic rings. The van der Waals surface area contributed by atoms with E-state index in [0.717, 1.165) is 12.8 Å². The molecule has 1 aliphatic carbocycles. The molecule has 0 spiro atoms. The average Bonchev–Trinajstić information content (AvgIpc) is 2.33. The zero-order chi connectivity index (χ0) is 13.6. The van der Waals surface area contributed by atoms with Crippen LogP contribution >= 0.6 is 0 Å². The lowest BCUT2D eigenvalue weighted by Crippen LogP contribution is -2.43. The maximum Gasteiger partial charge on any atom is 0.147 e. The van der Waals surface area contributed by atoms with E-state index in [0.29, 0.717) is 18.9 Å². The van der Waals surface area contributed by atoms with Gasteiger partial charge in [-0.3, -0.25) is 0 Å². The van der Waals surface area contributed by atoms with Gasteiger partial charge >= 0.3 is 0 Å². The van der Waals surface area contributed by atoms with Crippen LogP contribution in [0.2, 0.25) is 0 Å². The minimum Gasteiger partial charge on any atom is -0.377 e. The van der Waals surface area contributed by atoms with Crippen LogP contribution in [-0.4, -0.2) is 39.2 Å². The lowest BCUT2D eigenvalue weighted by molar-refractivity contribution is -0.00972. The smallest absolute Gasteiger partial charge is 0.147 e. The first kappa shape index (κ1) is 15.9. The van der Waals surface area contributed by atoms with E-state index in [2.05, 4.69) is 0 Å². The molecule has 1 saturated carbocycles. The molecule has 108 valence electrons. The third-order valence-corrected chi connectivity index (χ3v) is 4.69. The predicted octanol–water partition coefficient (Wildman–Crippen LogP) is 1.73. The summed E-state index contributed by atoms with van der Waals surface area (Å²) < 4.78 is 28.2. The Morgan fingerprint density at radius 1 is 1.28 bits per heavy atom. The quantitative estimate of drug-likeness (QED) is 0.769. The Morgan fingerprint density at radius 2 is 1.89 bits per heavy atom. The molecule has 0 aliphatic heterocycles. The van der Waals surface area contributed by atoms with E-state index in [1.54, 1.807) is 0 Å². The van der Waals surface area contributed by atoms with Gasteiger partial charge in [0.05, 0.1) is 11.9 Å². The van der Waals surface area contributed by atoms with Crippen molar-refractivity contribution in [2.24, 2.45) is 11.7 Å². The Kier molecular flexibility index (Phi) is 6.60. The fourth-order valence-electron chi connectivity index (χ4n) is 2.78. The summed E-state index contributed by atoms with van der Waals surface area (Å²) in [4.78, 5) is 0. The Balaban J connectivity index is 2.53. The van der Waals surface area contributed by atoms with Crippen molar-refractivity contribution < 1.29 is 13.2 Å². The van der Waals surface area contributed by atoms with Crippen molar-refractivity contribution in [3.63, 3.8) is 0 Å². The second kappa shape index (κ2) is 7.46. The molecular formula is C13H27NO3S. The van der Waals surface area contributed by atoms with Gasteiger partial charge in [-0.15, -0.1) is 0 Å². The van der Waals surface area contributed by atoms with Crippen LogP contribution in [0.25, 0.3) is 0 Å². The van der Waals surface area contributed by atoms with Crippen LogP contribution in [0.5, 0.6) is 0 Å². The lowest BCUT2D eigenvalue weighted by atomic mass is 9.82. The molecule has 0 aromatic heterocycles. The Morgan fingerprint density at radius 3 is 2.39 bits per heavy atom. The summed E-state index contributed by atoms with van der Waals surface area (Å²) in [5.41, 5.74) is 6.15. The van der Waals surface area contributed by atoms with Gasteiger partial charge in [-0.1, -0.05) is 19.3 Å². The van der Waals surface area contributed by atoms with Crippen molar-refractivity contribution in [2.75, 3.05) is 18.6 Å². The molecule has 2 atom stereocenters. The fourth-order valence-corrected chi connectivity index (χ4v) is 3.48. The number of sulfone groups is 1. The largest absolute Gasteiger partial charge is 0.377 e. The van der Waals surface area contributed by atoms with Crippen LogP contribution in [0.3, 0.4) is 0 Å². The molecule has 1 aliphatic rings. The van der Waals surface area contributed by atoms with E-state index in [9.17, 15) is 8.42 Å². The Labute approximate surface area is 111 Å². The normalized spacial score (nSPS) is 21.7. The molecule has 0 heterocycles. The Bertz CT molecular complexity index is 323. The summed E-state index contributed by atoms with van der Waals surface area (Å²) >= 11 is 0. The third kappa shape index (κ3) is 5.67. The van der Waals surface area contributed by atoms with E-state index in [1.165, 1.54) is 25.5 Å². The van der Waals surface area contributed by atoms with E-state index in [-0.39, 0.29) is 17.9 Å². The molecule has 1 rings (SSSR count). The molecule has 2 N–H and O–H groups in total. The minimum atomic E-state index is -2.93. The summed E-state index contributed by atoms with van der Waals surface area (Å²) in [6.45, 7) is 2.62. The predicted molar refractivity (Wildman–Crippen MR) is 74.3 cm³/mol. The van der Waals surface area contributed by atoms with Crippen LogP contribution in [0, 0.1) is 5.92 Å². The van der Waals surface area contributed by atoms with Crippen molar-refractivity contribution in [3.05, 3.63) is 0 Å². The van der Waals surface area contributed by atoms with E-state index >= 15 is 0 Å². The van der Waals surface area contributed by atoms with Gasteiger partial charge in [0.2, 0.25) is 0 Å². The van der Waals surface area contributed by atoms with Crippen molar-refractivity contribution >= 4 is 9.84 Å². The van der Waals surface area contributed by atoms with Gasteiger partial charge < -0.3 is 10.5 Å². The van der Waals surface area contributed by atoms with E-state index in [4.69, 9.17) is 10.5 Å². The van der Waals surface area contributed by atoms with Crippen LogP contribution in [0.4, 0.5) is 0 Å². The first-order valence-electron chi connectivity index (χ1n) is 6.99. The van der Waals surface area contributed by atoms with Gasteiger partial charge in [0.1, 0.15) is 9.84 Å². The van der Waals surface area contributed by atoms with Gasteiger partial charge in [-0.05, 0) is 32.1 Å². The molecule has 5 heteroatoms. The highest BCUT2D eigenvalue weighted by molar-refractivity contribution is 7.90. The number of hydrogen-bond acceptors (Lipinski definition) is 4. The molecule has 18 heavy (non-hydrogen) atoms. The van der Waals surface area contributed by atoms with Crippen LogP contribution in [-0.2, 0) is 14.6 Å². The number of ether oxygens (including phenoxy) is 1. The standard InChI is InChI=1S/C13H27NO3S/c1-3-17-13(11-7-5-4-6-8-11)12(14)9-10-18(2,15)16/h11-13H,3-10,14H2,1-2H3. The first-order chi connectivity index (χ1) is 8.44. The van der Waals surface area contributed by atoms with Gasteiger partial charge in [0, 0.05) is 18.9 Å². The second-order valence-corrected chi connectivity index (χ2v) is 7.66. The van der Waals surface area contributed by atoms with Crippen LogP contribution < -0.4 is 5.73 Å². The number of nitrogens with two attached hydrogens (primary N) is 1. The number of hydrogen-bond donors (Lipinski definition) is 1. The molecule has 2 unspecified atom stereocenters. The van der Waals surface area contributed by atoms with Crippen molar-refractivity contribution in [1.82, 2.24) is 0 Å². The summed E-state index contributed by atoms with van der Waals surface area (Å²) in [5.74, 6) is 0.665. The minimum absolute atomic E-state index is 0.0250. The van der Waals surface area contributed by atoms with Gasteiger partial charge in [0.15, 0.2) is 0 Å². The summed E-state index contributed by atoms with van der Waals surface area (Å²) in [6, 6.07) is -0.164. The molecule has 1 fully saturated rings. The maximum absolute atomic E-state index is 11.2. The Hall–Kier alpha value is -0.130. The highest BCUT2D eigenvalue weighted by atomic mass is 32.2. The van der Waals surface area contributed by atoms with Crippen molar-refractivity contribution in [1.29, 1.82) is 0 Å². The highest BCUT2D eigenvalue weighted by Crippen LogP contribution is 2.29. The van der Waals surface area contributed by atoms with Gasteiger partial charge in [0.25, 0.3) is 0 Å². The molecule has 0 aromatic carbocycles. The summed E-state index contributed by atoms with van der Waals surface area (Å²) in [5, 5.41) is 0. The van der Waals surface area contributed by atoms with Crippen LogP contribution in [0.1, 0.15) is 45.4 Å². The van der Waals surface area contributed by atoms with Crippen LogP contribution in [0.15, 0.2) is 0 Å². The molecule has 0 amide bonds.